The average molecular weight is 242 g/mol. The molecule has 94 valence electrons. The quantitative estimate of drug-likeness (QED) is 0.773. The van der Waals surface area contributed by atoms with Gasteiger partial charge in [0.15, 0.2) is 5.78 Å². The Bertz CT molecular complexity index is 570. The molecule has 1 aromatic carbocycles. The zero-order chi connectivity index (χ0) is 13.1. The Morgan fingerprint density at radius 1 is 1.28 bits per heavy atom. The van der Waals surface area contributed by atoms with E-state index in [2.05, 4.69) is 11.9 Å². The molecular formula is C15H18N2O. The number of rotatable bonds is 4. The van der Waals surface area contributed by atoms with Crippen LogP contribution in [0.25, 0.3) is 0 Å². The first-order valence-corrected chi connectivity index (χ1v) is 6.14. The van der Waals surface area contributed by atoms with Gasteiger partial charge in [-0.15, -0.1) is 0 Å². The number of hydrogen-bond acceptors (Lipinski definition) is 2. The van der Waals surface area contributed by atoms with Crippen molar-refractivity contribution in [2.45, 2.75) is 26.7 Å². The third-order valence-electron chi connectivity index (χ3n) is 3.33. The first-order valence-electron chi connectivity index (χ1n) is 6.14. The van der Waals surface area contributed by atoms with Crippen LogP contribution < -0.4 is 0 Å². The van der Waals surface area contributed by atoms with Crippen LogP contribution in [0, 0.1) is 13.8 Å². The van der Waals surface area contributed by atoms with Gasteiger partial charge in [0.2, 0.25) is 0 Å². The Morgan fingerprint density at radius 3 is 2.67 bits per heavy atom. The molecule has 3 nitrogen and oxygen atoms in total. The van der Waals surface area contributed by atoms with Crippen LogP contribution in [0.1, 0.15) is 33.7 Å². The zero-order valence-electron chi connectivity index (χ0n) is 11.1. The first-order chi connectivity index (χ1) is 8.58. The third-order valence-corrected chi connectivity index (χ3v) is 3.33. The summed E-state index contributed by atoms with van der Waals surface area (Å²) in [6.07, 6.45) is 4.86. The lowest BCUT2D eigenvalue weighted by Crippen LogP contribution is -2.05. The maximum atomic E-state index is 12.1. The highest BCUT2D eigenvalue weighted by molar-refractivity contribution is 5.96. The molecule has 18 heavy (non-hydrogen) atoms. The van der Waals surface area contributed by atoms with E-state index in [1.54, 1.807) is 6.20 Å². The number of Topliss-reactive ketones (excluding diaryl/α,β-unsaturated/α-hetero) is 1. The summed E-state index contributed by atoms with van der Waals surface area (Å²) >= 11 is 0. The zero-order valence-corrected chi connectivity index (χ0v) is 11.1. The fraction of sp³-hybridized carbons (Fsp3) is 0.333. The van der Waals surface area contributed by atoms with Crippen molar-refractivity contribution in [1.82, 2.24) is 9.55 Å². The van der Waals surface area contributed by atoms with Gasteiger partial charge in [-0.25, -0.2) is 4.98 Å². The summed E-state index contributed by atoms with van der Waals surface area (Å²) in [4.78, 5) is 16.3. The average Bonchev–Trinajstić information content (AvgIpc) is 2.75. The fourth-order valence-electron chi connectivity index (χ4n) is 1.92. The fourth-order valence-corrected chi connectivity index (χ4v) is 1.92. The lowest BCUT2D eigenvalue weighted by Gasteiger charge is -2.05. The van der Waals surface area contributed by atoms with Crippen LogP contribution in [0.5, 0.6) is 0 Å². The SMILES string of the molecule is Cc1ccc(C(=O)CCc2nccn2C)cc1C. The number of carbonyl (C=O) groups excluding carboxylic acids is 1. The Balaban J connectivity index is 2.04. The Kier molecular flexibility index (Phi) is 3.60. The van der Waals surface area contributed by atoms with Gasteiger partial charge < -0.3 is 4.57 Å². The number of imidazole rings is 1. The van der Waals surface area contributed by atoms with E-state index in [1.165, 1.54) is 5.56 Å². The van der Waals surface area contributed by atoms with Crippen LogP contribution in [-0.2, 0) is 13.5 Å². The van der Waals surface area contributed by atoms with Crippen LogP contribution in [0.4, 0.5) is 0 Å². The van der Waals surface area contributed by atoms with Crippen LogP contribution >= 0.6 is 0 Å². The molecule has 0 amide bonds. The highest BCUT2D eigenvalue weighted by atomic mass is 16.1. The first kappa shape index (κ1) is 12.6. The van der Waals surface area contributed by atoms with E-state index in [4.69, 9.17) is 0 Å². The van der Waals surface area contributed by atoms with E-state index in [-0.39, 0.29) is 5.78 Å². The summed E-state index contributed by atoms with van der Waals surface area (Å²) in [5, 5.41) is 0. The lowest BCUT2D eigenvalue weighted by atomic mass is 10.0. The summed E-state index contributed by atoms with van der Waals surface area (Å²) in [7, 11) is 1.95. The second-order valence-corrected chi connectivity index (χ2v) is 4.68. The molecule has 0 unspecified atom stereocenters. The van der Waals surface area contributed by atoms with Gasteiger partial charge in [0, 0.05) is 37.8 Å². The number of aromatic nitrogens is 2. The molecule has 0 aliphatic carbocycles. The molecule has 0 spiro atoms. The Labute approximate surface area is 107 Å². The van der Waals surface area contributed by atoms with Crippen molar-refractivity contribution < 1.29 is 4.79 Å². The highest BCUT2D eigenvalue weighted by Gasteiger charge is 2.08. The molecule has 0 radical (unpaired) electrons. The minimum absolute atomic E-state index is 0.182. The standard InChI is InChI=1S/C15H18N2O/c1-11-4-5-13(10-12(11)2)14(18)6-7-15-16-8-9-17(15)3/h4-5,8-10H,6-7H2,1-3H3. The maximum Gasteiger partial charge on any atom is 0.163 e. The summed E-state index contributed by atoms with van der Waals surface area (Å²) < 4.78 is 1.95. The summed E-state index contributed by atoms with van der Waals surface area (Å²) in [5.74, 6) is 1.13. The predicted molar refractivity (Wildman–Crippen MR) is 71.8 cm³/mol. The van der Waals surface area contributed by atoms with Gasteiger partial charge in [0.1, 0.15) is 5.82 Å². The Hall–Kier alpha value is -1.90. The molecule has 3 heteroatoms. The van der Waals surface area contributed by atoms with Crippen molar-refractivity contribution in [3.05, 3.63) is 53.1 Å². The van der Waals surface area contributed by atoms with E-state index < -0.39 is 0 Å². The summed E-state index contributed by atoms with van der Waals surface area (Å²) in [5.41, 5.74) is 3.18. The summed E-state index contributed by atoms with van der Waals surface area (Å²) in [6.45, 7) is 4.09. The van der Waals surface area contributed by atoms with Gasteiger partial charge in [-0.05, 0) is 31.0 Å². The Morgan fingerprint density at radius 2 is 2.06 bits per heavy atom. The van der Waals surface area contributed by atoms with E-state index in [9.17, 15) is 4.79 Å². The van der Waals surface area contributed by atoms with Gasteiger partial charge >= 0.3 is 0 Å². The van der Waals surface area contributed by atoms with Crippen molar-refractivity contribution >= 4 is 5.78 Å². The van der Waals surface area contributed by atoms with Gasteiger partial charge in [0.25, 0.3) is 0 Å². The minimum atomic E-state index is 0.182. The number of nitrogens with zero attached hydrogens (tertiary/aromatic N) is 2. The van der Waals surface area contributed by atoms with Crippen molar-refractivity contribution in [2.24, 2.45) is 7.05 Å². The molecule has 0 N–H and O–H groups in total. The largest absolute Gasteiger partial charge is 0.338 e. The van der Waals surface area contributed by atoms with Crippen LogP contribution in [0.3, 0.4) is 0 Å². The molecule has 2 aromatic rings. The molecular weight excluding hydrogens is 224 g/mol. The normalized spacial score (nSPS) is 10.6. The molecule has 0 aliphatic rings. The second-order valence-electron chi connectivity index (χ2n) is 4.68. The molecule has 0 saturated heterocycles. The van der Waals surface area contributed by atoms with Gasteiger partial charge in [-0.3, -0.25) is 4.79 Å². The third kappa shape index (κ3) is 2.67. The van der Waals surface area contributed by atoms with Crippen LogP contribution in [0.15, 0.2) is 30.6 Å². The molecule has 0 atom stereocenters. The lowest BCUT2D eigenvalue weighted by molar-refractivity contribution is 0.0982. The molecule has 1 aromatic heterocycles. The van der Waals surface area contributed by atoms with Crippen molar-refractivity contribution in [3.8, 4) is 0 Å². The van der Waals surface area contributed by atoms with Crippen molar-refractivity contribution in [3.63, 3.8) is 0 Å². The molecule has 2 rings (SSSR count). The minimum Gasteiger partial charge on any atom is -0.338 e. The topological polar surface area (TPSA) is 34.9 Å². The number of hydrogen-bond donors (Lipinski definition) is 0. The molecule has 0 aliphatic heterocycles. The summed E-state index contributed by atoms with van der Waals surface area (Å²) in [6, 6.07) is 5.88. The monoisotopic (exact) mass is 242 g/mol. The number of benzene rings is 1. The smallest absolute Gasteiger partial charge is 0.163 e. The van der Waals surface area contributed by atoms with Crippen molar-refractivity contribution in [2.75, 3.05) is 0 Å². The van der Waals surface area contributed by atoms with Crippen LogP contribution in [-0.4, -0.2) is 15.3 Å². The molecule has 0 saturated carbocycles. The van der Waals surface area contributed by atoms with Gasteiger partial charge in [-0.2, -0.15) is 0 Å². The number of ketones is 1. The predicted octanol–water partition coefficient (Wildman–Crippen LogP) is 2.85. The van der Waals surface area contributed by atoms with E-state index in [1.807, 2.05) is 42.9 Å². The van der Waals surface area contributed by atoms with Gasteiger partial charge in [-0.1, -0.05) is 12.1 Å². The van der Waals surface area contributed by atoms with E-state index in [0.717, 1.165) is 17.0 Å². The van der Waals surface area contributed by atoms with Crippen molar-refractivity contribution in [1.29, 1.82) is 0 Å². The molecule has 0 bridgehead atoms. The van der Waals surface area contributed by atoms with Crippen LogP contribution in [0.2, 0.25) is 0 Å². The second kappa shape index (κ2) is 5.17. The van der Waals surface area contributed by atoms with E-state index >= 15 is 0 Å². The highest BCUT2D eigenvalue weighted by Crippen LogP contribution is 2.12. The van der Waals surface area contributed by atoms with Gasteiger partial charge in [0.05, 0.1) is 0 Å². The molecule has 0 fully saturated rings. The number of aryl methyl sites for hydroxylation is 4. The van der Waals surface area contributed by atoms with E-state index in [0.29, 0.717) is 12.8 Å². The number of carbonyl (C=O) groups is 1. The molecule has 1 heterocycles. The maximum absolute atomic E-state index is 12.1.